The summed E-state index contributed by atoms with van der Waals surface area (Å²) in [5, 5.41) is 11.6. The van der Waals surface area contributed by atoms with Gasteiger partial charge in [-0.2, -0.15) is 5.26 Å². The minimum absolute atomic E-state index is 0.131. The van der Waals surface area contributed by atoms with Gasteiger partial charge in [0.15, 0.2) is 0 Å². The molecule has 112 valence electrons. The van der Waals surface area contributed by atoms with Crippen LogP contribution in [0.15, 0.2) is 24.3 Å². The summed E-state index contributed by atoms with van der Waals surface area (Å²) in [5.74, 6) is -0.189. The Labute approximate surface area is 125 Å². The fourth-order valence-corrected chi connectivity index (χ4v) is 1.98. The van der Waals surface area contributed by atoms with Crippen LogP contribution in [-0.4, -0.2) is 36.9 Å². The Morgan fingerprint density at radius 1 is 1.33 bits per heavy atom. The molecule has 0 unspecified atom stereocenters. The van der Waals surface area contributed by atoms with Crippen LogP contribution in [0.3, 0.4) is 0 Å². The number of benzene rings is 1. The van der Waals surface area contributed by atoms with E-state index in [9.17, 15) is 9.59 Å². The number of nitriles is 1. The van der Waals surface area contributed by atoms with Crippen LogP contribution in [0.4, 0.5) is 0 Å². The first-order chi connectivity index (χ1) is 9.85. The quantitative estimate of drug-likeness (QED) is 0.897. The summed E-state index contributed by atoms with van der Waals surface area (Å²) < 4.78 is 0. The Balaban J connectivity index is 2.89. The van der Waals surface area contributed by atoms with E-state index >= 15 is 0 Å². The molecule has 0 bridgehead atoms. The molecule has 5 nitrogen and oxygen atoms in total. The largest absolute Gasteiger partial charge is 0.347 e. The lowest BCUT2D eigenvalue weighted by Crippen LogP contribution is -2.46. The Kier molecular flexibility index (Phi) is 5.92. The molecule has 0 aliphatic heterocycles. The van der Waals surface area contributed by atoms with E-state index in [2.05, 4.69) is 5.32 Å². The molecule has 1 N–H and O–H groups in total. The molecule has 0 aliphatic rings. The van der Waals surface area contributed by atoms with Gasteiger partial charge < -0.3 is 10.2 Å². The van der Waals surface area contributed by atoms with Gasteiger partial charge in [0.25, 0.3) is 5.91 Å². The lowest BCUT2D eigenvalue weighted by atomic mass is 10.0. The summed E-state index contributed by atoms with van der Waals surface area (Å²) in [5.41, 5.74) is 0.802. The van der Waals surface area contributed by atoms with E-state index < -0.39 is 6.04 Å². The third-order valence-corrected chi connectivity index (χ3v) is 3.01. The number of hydrogen-bond donors (Lipinski definition) is 1. The van der Waals surface area contributed by atoms with E-state index in [1.54, 1.807) is 32.3 Å². The molecule has 0 aliphatic carbocycles. The zero-order valence-corrected chi connectivity index (χ0v) is 12.9. The smallest absolute Gasteiger partial charge is 0.251 e. The molecule has 2 amide bonds. The molecule has 0 heterocycles. The van der Waals surface area contributed by atoms with Crippen LogP contribution in [0.1, 0.15) is 36.2 Å². The second-order valence-electron chi connectivity index (χ2n) is 5.58. The Hall–Kier alpha value is -2.35. The number of amides is 2. The van der Waals surface area contributed by atoms with Crippen molar-refractivity contribution in [3.8, 4) is 6.07 Å². The number of likely N-dealkylation sites (N-methyl/N-ethyl adjacent to an activating group) is 1. The highest BCUT2D eigenvalue weighted by Gasteiger charge is 2.23. The molecule has 0 radical (unpaired) electrons. The van der Waals surface area contributed by atoms with Crippen molar-refractivity contribution < 1.29 is 9.59 Å². The van der Waals surface area contributed by atoms with E-state index in [0.717, 1.165) is 0 Å². The zero-order valence-electron chi connectivity index (χ0n) is 12.9. The van der Waals surface area contributed by atoms with Gasteiger partial charge in [0, 0.05) is 19.7 Å². The van der Waals surface area contributed by atoms with Crippen LogP contribution < -0.4 is 5.32 Å². The van der Waals surface area contributed by atoms with Gasteiger partial charge in [-0.1, -0.05) is 19.9 Å². The van der Waals surface area contributed by atoms with E-state index in [-0.39, 0.29) is 17.7 Å². The number of carbonyl (C=O) groups is 2. The van der Waals surface area contributed by atoms with Crippen molar-refractivity contribution in [3.63, 3.8) is 0 Å². The molecule has 0 spiro atoms. The van der Waals surface area contributed by atoms with Gasteiger partial charge >= 0.3 is 0 Å². The topological polar surface area (TPSA) is 73.2 Å². The van der Waals surface area contributed by atoms with Crippen molar-refractivity contribution >= 4 is 11.8 Å². The molecule has 1 atom stereocenters. The Bertz CT molecular complexity index is 559. The maximum absolute atomic E-state index is 12.2. The maximum atomic E-state index is 12.2. The molecule has 0 saturated carbocycles. The number of rotatable bonds is 5. The standard InChI is InChI=1S/C16H21N3O2/c1-11(2)8-14(16(21)19(3)4)18-15(20)13-7-5-6-12(9-13)10-17/h5-7,9,11,14H,8H2,1-4H3,(H,18,20)/t14-/m0/s1. The van der Waals surface area contributed by atoms with Crippen molar-refractivity contribution in [1.82, 2.24) is 10.2 Å². The highest BCUT2D eigenvalue weighted by atomic mass is 16.2. The molecule has 21 heavy (non-hydrogen) atoms. The first kappa shape index (κ1) is 16.7. The average molecular weight is 287 g/mol. The van der Waals surface area contributed by atoms with Crippen molar-refractivity contribution in [1.29, 1.82) is 5.26 Å². The summed E-state index contributed by atoms with van der Waals surface area (Å²) in [6, 6.07) is 7.86. The molecule has 1 aromatic carbocycles. The molecule has 5 heteroatoms. The van der Waals surface area contributed by atoms with E-state index in [0.29, 0.717) is 17.5 Å². The first-order valence-electron chi connectivity index (χ1n) is 6.87. The minimum Gasteiger partial charge on any atom is -0.347 e. The molecule has 1 rings (SSSR count). The monoisotopic (exact) mass is 287 g/mol. The van der Waals surface area contributed by atoms with Gasteiger partial charge in [-0.3, -0.25) is 9.59 Å². The minimum atomic E-state index is -0.557. The lowest BCUT2D eigenvalue weighted by molar-refractivity contribution is -0.131. The number of nitrogens with zero attached hydrogens (tertiary/aromatic N) is 2. The summed E-state index contributed by atoms with van der Waals surface area (Å²) in [7, 11) is 3.33. The van der Waals surface area contributed by atoms with Crippen molar-refractivity contribution in [2.24, 2.45) is 5.92 Å². The van der Waals surface area contributed by atoms with Crippen molar-refractivity contribution in [2.75, 3.05) is 14.1 Å². The third-order valence-electron chi connectivity index (χ3n) is 3.01. The van der Waals surface area contributed by atoms with Crippen molar-refractivity contribution in [3.05, 3.63) is 35.4 Å². The normalized spacial score (nSPS) is 11.6. The van der Waals surface area contributed by atoms with E-state index in [1.807, 2.05) is 19.9 Å². The number of nitrogens with one attached hydrogen (secondary N) is 1. The van der Waals surface area contributed by atoms with Crippen LogP contribution in [0, 0.1) is 17.2 Å². The average Bonchev–Trinajstić information content (AvgIpc) is 2.45. The van der Waals surface area contributed by atoms with Gasteiger partial charge in [0.05, 0.1) is 11.6 Å². The van der Waals surface area contributed by atoms with Gasteiger partial charge in [0.2, 0.25) is 5.91 Å². The molecule has 0 aromatic heterocycles. The highest BCUT2D eigenvalue weighted by Crippen LogP contribution is 2.09. The predicted octanol–water partition coefficient (Wildman–Crippen LogP) is 1.79. The highest BCUT2D eigenvalue weighted by molar-refractivity contribution is 5.97. The molecule has 0 fully saturated rings. The van der Waals surface area contributed by atoms with Gasteiger partial charge in [-0.15, -0.1) is 0 Å². The second kappa shape index (κ2) is 7.44. The van der Waals surface area contributed by atoms with Crippen LogP contribution >= 0.6 is 0 Å². The Morgan fingerprint density at radius 2 is 2.00 bits per heavy atom. The van der Waals surface area contributed by atoms with Gasteiger partial charge in [-0.25, -0.2) is 0 Å². The van der Waals surface area contributed by atoms with E-state index in [4.69, 9.17) is 5.26 Å². The van der Waals surface area contributed by atoms with Gasteiger partial charge in [0.1, 0.15) is 6.04 Å². The van der Waals surface area contributed by atoms with E-state index in [1.165, 1.54) is 11.0 Å². The molecular weight excluding hydrogens is 266 g/mol. The second-order valence-corrected chi connectivity index (χ2v) is 5.58. The van der Waals surface area contributed by atoms with Gasteiger partial charge in [-0.05, 0) is 30.5 Å². The summed E-state index contributed by atoms with van der Waals surface area (Å²) >= 11 is 0. The number of carbonyl (C=O) groups excluding carboxylic acids is 2. The number of hydrogen-bond acceptors (Lipinski definition) is 3. The van der Waals surface area contributed by atoms with Crippen LogP contribution in [-0.2, 0) is 4.79 Å². The molecular formula is C16H21N3O2. The fraction of sp³-hybridized carbons (Fsp3) is 0.438. The van der Waals surface area contributed by atoms with Crippen LogP contribution in [0.2, 0.25) is 0 Å². The summed E-state index contributed by atoms with van der Waals surface area (Å²) in [6.07, 6.45) is 0.570. The van der Waals surface area contributed by atoms with Crippen molar-refractivity contribution in [2.45, 2.75) is 26.3 Å². The zero-order chi connectivity index (χ0) is 16.0. The lowest BCUT2D eigenvalue weighted by Gasteiger charge is -2.23. The maximum Gasteiger partial charge on any atom is 0.251 e. The van der Waals surface area contributed by atoms with Crippen LogP contribution in [0.5, 0.6) is 0 Å². The molecule has 0 saturated heterocycles. The summed E-state index contributed by atoms with van der Waals surface area (Å²) in [6.45, 7) is 4.00. The SMILES string of the molecule is CC(C)C[C@H](NC(=O)c1cccc(C#N)c1)C(=O)N(C)C. The predicted molar refractivity (Wildman–Crippen MR) is 80.6 cm³/mol. The third kappa shape index (κ3) is 4.92. The summed E-state index contributed by atoms with van der Waals surface area (Å²) in [4.78, 5) is 25.8. The molecule has 1 aromatic rings. The fourth-order valence-electron chi connectivity index (χ4n) is 1.98. The Morgan fingerprint density at radius 3 is 2.52 bits per heavy atom. The van der Waals surface area contributed by atoms with Crippen LogP contribution in [0.25, 0.3) is 0 Å². The first-order valence-corrected chi connectivity index (χ1v) is 6.87.